The molecule has 0 saturated carbocycles. The molecule has 0 atom stereocenters. The SMILES string of the molecule is CC(C)Oc1cccc(I)c1/C=C/P(=O)(O)O. The van der Waals surface area contributed by atoms with Crippen molar-refractivity contribution >= 4 is 36.3 Å². The smallest absolute Gasteiger partial charge is 0.349 e. The Morgan fingerprint density at radius 2 is 2.06 bits per heavy atom. The molecule has 0 aliphatic carbocycles. The van der Waals surface area contributed by atoms with Crippen LogP contribution in [0.2, 0.25) is 0 Å². The minimum Gasteiger partial charge on any atom is -0.490 e. The first-order valence-electron chi connectivity index (χ1n) is 4.99. The highest BCUT2D eigenvalue weighted by molar-refractivity contribution is 14.1. The summed E-state index contributed by atoms with van der Waals surface area (Å²) in [6.45, 7) is 3.80. The number of rotatable bonds is 4. The first-order valence-corrected chi connectivity index (χ1v) is 7.75. The Kier molecular flexibility index (Phi) is 5.19. The maximum absolute atomic E-state index is 10.8. The van der Waals surface area contributed by atoms with Crippen LogP contribution in [0, 0.1) is 3.57 Å². The average Bonchev–Trinajstić information content (AvgIpc) is 2.14. The van der Waals surface area contributed by atoms with Crippen LogP contribution in [0.4, 0.5) is 0 Å². The van der Waals surface area contributed by atoms with Crippen LogP contribution >= 0.6 is 30.2 Å². The summed E-state index contributed by atoms with van der Waals surface area (Å²) in [4.78, 5) is 17.6. The third-order valence-electron chi connectivity index (χ3n) is 1.81. The Balaban J connectivity index is 3.12. The molecule has 0 bridgehead atoms. The van der Waals surface area contributed by atoms with Crippen LogP contribution in [0.5, 0.6) is 5.75 Å². The van der Waals surface area contributed by atoms with Crippen molar-refractivity contribution in [2.45, 2.75) is 20.0 Å². The van der Waals surface area contributed by atoms with E-state index in [9.17, 15) is 4.57 Å². The summed E-state index contributed by atoms with van der Waals surface area (Å²) >= 11 is 2.10. The van der Waals surface area contributed by atoms with Gasteiger partial charge < -0.3 is 14.5 Å². The molecule has 0 aliphatic rings. The predicted molar refractivity (Wildman–Crippen MR) is 76.0 cm³/mol. The maximum Gasteiger partial charge on any atom is 0.349 e. The number of hydrogen-bond donors (Lipinski definition) is 2. The van der Waals surface area contributed by atoms with Crippen LogP contribution in [-0.4, -0.2) is 15.9 Å². The van der Waals surface area contributed by atoms with E-state index in [2.05, 4.69) is 22.6 Å². The zero-order valence-electron chi connectivity index (χ0n) is 9.50. The highest BCUT2D eigenvalue weighted by atomic mass is 127. The fourth-order valence-electron chi connectivity index (χ4n) is 1.21. The van der Waals surface area contributed by atoms with E-state index in [0.29, 0.717) is 11.3 Å². The van der Waals surface area contributed by atoms with Crippen LogP contribution in [0.25, 0.3) is 6.08 Å². The van der Waals surface area contributed by atoms with Crippen LogP contribution in [0.15, 0.2) is 24.0 Å². The van der Waals surface area contributed by atoms with Crippen molar-refractivity contribution in [3.05, 3.63) is 33.1 Å². The Labute approximate surface area is 114 Å². The van der Waals surface area contributed by atoms with Gasteiger partial charge in [-0.25, -0.2) is 0 Å². The molecule has 17 heavy (non-hydrogen) atoms. The Morgan fingerprint density at radius 1 is 1.41 bits per heavy atom. The minimum absolute atomic E-state index is 0.00964. The topological polar surface area (TPSA) is 66.8 Å². The van der Waals surface area contributed by atoms with Gasteiger partial charge in [-0.05, 0) is 54.6 Å². The van der Waals surface area contributed by atoms with Crippen molar-refractivity contribution in [2.24, 2.45) is 0 Å². The summed E-state index contributed by atoms with van der Waals surface area (Å²) in [5, 5.41) is 0. The van der Waals surface area contributed by atoms with Crippen molar-refractivity contribution in [1.82, 2.24) is 0 Å². The van der Waals surface area contributed by atoms with E-state index in [1.807, 2.05) is 26.0 Å². The van der Waals surface area contributed by atoms with Gasteiger partial charge in [-0.15, -0.1) is 0 Å². The number of hydrogen-bond acceptors (Lipinski definition) is 2. The standard InChI is InChI=1S/C11H14IO4P/c1-8(2)16-11-5-3-4-10(12)9(11)6-7-17(13,14)15/h3-8H,1-2H3,(H2,13,14,15)/b7-6+. The molecule has 0 unspecified atom stereocenters. The molecule has 0 amide bonds. The van der Waals surface area contributed by atoms with E-state index >= 15 is 0 Å². The Morgan fingerprint density at radius 3 is 2.59 bits per heavy atom. The highest BCUT2D eigenvalue weighted by Gasteiger charge is 2.10. The van der Waals surface area contributed by atoms with Crippen LogP contribution in [-0.2, 0) is 4.57 Å². The molecule has 1 aromatic rings. The van der Waals surface area contributed by atoms with Crippen LogP contribution in [0.3, 0.4) is 0 Å². The average molecular weight is 368 g/mol. The molecular weight excluding hydrogens is 354 g/mol. The Hall–Kier alpha value is -0.360. The molecule has 0 fully saturated rings. The van der Waals surface area contributed by atoms with Crippen molar-refractivity contribution in [3.8, 4) is 5.75 Å². The number of benzene rings is 1. The zero-order valence-corrected chi connectivity index (χ0v) is 12.6. The van der Waals surface area contributed by atoms with Crippen molar-refractivity contribution in [2.75, 3.05) is 0 Å². The summed E-state index contributed by atoms with van der Waals surface area (Å²) in [7, 11) is -4.14. The van der Waals surface area contributed by atoms with Gasteiger partial charge in [-0.2, -0.15) is 0 Å². The van der Waals surface area contributed by atoms with Crippen LogP contribution in [0.1, 0.15) is 19.4 Å². The van der Waals surface area contributed by atoms with Crippen molar-refractivity contribution in [3.63, 3.8) is 0 Å². The molecule has 0 spiro atoms. The van der Waals surface area contributed by atoms with Crippen LogP contribution < -0.4 is 4.74 Å². The second-order valence-corrected chi connectivity index (χ2v) is 6.36. The first kappa shape index (κ1) is 14.7. The van der Waals surface area contributed by atoms with Gasteiger partial charge >= 0.3 is 7.60 Å². The lowest BCUT2D eigenvalue weighted by molar-refractivity contribution is 0.242. The molecule has 4 nitrogen and oxygen atoms in total. The van der Waals surface area contributed by atoms with E-state index in [0.717, 1.165) is 9.39 Å². The highest BCUT2D eigenvalue weighted by Crippen LogP contribution is 2.38. The molecule has 6 heteroatoms. The predicted octanol–water partition coefficient (Wildman–Crippen LogP) is 3.23. The summed E-state index contributed by atoms with van der Waals surface area (Å²) < 4.78 is 17.3. The lowest BCUT2D eigenvalue weighted by atomic mass is 10.2. The molecule has 0 aliphatic heterocycles. The number of ether oxygens (including phenoxy) is 1. The van der Waals surface area contributed by atoms with E-state index in [-0.39, 0.29) is 6.10 Å². The molecule has 2 N–H and O–H groups in total. The second kappa shape index (κ2) is 6.00. The number of halogens is 1. The van der Waals surface area contributed by atoms with E-state index < -0.39 is 7.60 Å². The fourth-order valence-corrected chi connectivity index (χ4v) is 2.20. The van der Waals surface area contributed by atoms with Gasteiger partial charge in [0.1, 0.15) is 5.75 Å². The minimum atomic E-state index is -4.14. The summed E-state index contributed by atoms with van der Waals surface area (Å²) in [5.74, 6) is 1.51. The molecule has 0 saturated heterocycles. The van der Waals surface area contributed by atoms with Gasteiger partial charge in [0, 0.05) is 15.0 Å². The first-order chi connectivity index (χ1) is 7.79. The van der Waals surface area contributed by atoms with Gasteiger partial charge in [0.15, 0.2) is 0 Å². The lowest BCUT2D eigenvalue weighted by Gasteiger charge is -2.13. The second-order valence-electron chi connectivity index (χ2n) is 3.72. The summed E-state index contributed by atoms with van der Waals surface area (Å²) in [6.07, 6.45) is 1.41. The molecular formula is C11H14IO4P. The quantitative estimate of drug-likeness (QED) is 0.633. The Bertz CT molecular complexity index is 465. The third-order valence-corrected chi connectivity index (χ3v) is 3.29. The van der Waals surface area contributed by atoms with Gasteiger partial charge in [0.25, 0.3) is 0 Å². The maximum atomic E-state index is 10.8. The zero-order chi connectivity index (χ0) is 13.1. The molecule has 0 heterocycles. The van der Waals surface area contributed by atoms with Gasteiger partial charge in [0.2, 0.25) is 0 Å². The van der Waals surface area contributed by atoms with Gasteiger partial charge in [0.05, 0.1) is 6.10 Å². The van der Waals surface area contributed by atoms with E-state index in [4.69, 9.17) is 14.5 Å². The van der Waals surface area contributed by atoms with Crippen molar-refractivity contribution in [1.29, 1.82) is 0 Å². The summed E-state index contributed by atoms with van der Waals surface area (Å²) in [5.41, 5.74) is 0.685. The normalized spacial score (nSPS) is 12.4. The van der Waals surface area contributed by atoms with E-state index in [1.165, 1.54) is 6.08 Å². The molecule has 1 rings (SSSR count). The summed E-state index contributed by atoms with van der Waals surface area (Å²) in [6, 6.07) is 5.48. The molecule has 0 radical (unpaired) electrons. The van der Waals surface area contributed by atoms with Gasteiger partial charge in [-0.1, -0.05) is 6.07 Å². The largest absolute Gasteiger partial charge is 0.490 e. The lowest BCUT2D eigenvalue weighted by Crippen LogP contribution is -2.07. The fraction of sp³-hybridized carbons (Fsp3) is 0.273. The third kappa shape index (κ3) is 5.21. The molecule has 94 valence electrons. The molecule has 0 aromatic heterocycles. The van der Waals surface area contributed by atoms with Crippen molar-refractivity contribution < 1.29 is 19.1 Å². The van der Waals surface area contributed by atoms with E-state index in [1.54, 1.807) is 6.07 Å². The monoisotopic (exact) mass is 368 g/mol. The molecule has 1 aromatic carbocycles. The van der Waals surface area contributed by atoms with Gasteiger partial charge in [-0.3, -0.25) is 4.57 Å².